The first kappa shape index (κ1) is 28.5. The molecule has 0 amide bonds. The van der Waals surface area contributed by atoms with Crippen LogP contribution in [0.5, 0.6) is 0 Å². The summed E-state index contributed by atoms with van der Waals surface area (Å²) in [6.45, 7) is 13.8. The first-order valence-electron chi connectivity index (χ1n) is 11.5. The van der Waals surface area contributed by atoms with Crippen molar-refractivity contribution in [2.75, 3.05) is 7.05 Å². The minimum atomic E-state index is -1.66. The van der Waals surface area contributed by atoms with Gasteiger partial charge in [-0.05, 0) is 24.0 Å². The van der Waals surface area contributed by atoms with Gasteiger partial charge < -0.3 is 9.03 Å². The Labute approximate surface area is 209 Å². The Bertz CT molecular complexity index is 791. The van der Waals surface area contributed by atoms with Crippen molar-refractivity contribution in [3.63, 3.8) is 0 Å². The molecule has 2 aliphatic carbocycles. The molecule has 0 N–H and O–H groups in total. The maximum Gasteiger partial charge on any atom is 0.395 e. The van der Waals surface area contributed by atoms with Crippen LogP contribution in [0.4, 0.5) is 0 Å². The molecule has 0 aromatic heterocycles. The van der Waals surface area contributed by atoms with Gasteiger partial charge in [0, 0.05) is 46.8 Å². The summed E-state index contributed by atoms with van der Waals surface area (Å²) in [7, 11) is -1.77. The van der Waals surface area contributed by atoms with E-state index in [1.807, 2.05) is 0 Å². The van der Waals surface area contributed by atoms with Crippen molar-refractivity contribution in [3.05, 3.63) is 41.5 Å². The fraction of sp³-hybridized carbons (Fsp3) is 0.600. The minimum Gasteiger partial charge on any atom is -0.377 e. The molecule has 31 heavy (non-hydrogen) atoms. The van der Waals surface area contributed by atoms with E-state index in [0.29, 0.717) is 12.0 Å². The van der Waals surface area contributed by atoms with Gasteiger partial charge in [0.2, 0.25) is 0 Å². The molecule has 1 saturated carbocycles. The van der Waals surface area contributed by atoms with Crippen LogP contribution in [0.2, 0.25) is 45.3 Å². The van der Waals surface area contributed by atoms with Crippen molar-refractivity contribution in [1.29, 1.82) is 0 Å². The maximum absolute atomic E-state index is 12.7. The maximum atomic E-state index is 12.7. The zero-order valence-electron chi connectivity index (χ0n) is 20.7. The second kappa shape index (κ2) is 12.7. The summed E-state index contributed by atoms with van der Waals surface area (Å²) in [6.07, 6.45) is 10.8. The van der Waals surface area contributed by atoms with E-state index in [9.17, 15) is 4.46 Å². The SMILES string of the molecule is CN(C1CCCCC1)[Si](=O)CC1C=Cc2ccccc21.C[Si](C)(C)C#C[Si](C)(C)C.[Ti]. The van der Waals surface area contributed by atoms with E-state index in [4.69, 9.17) is 0 Å². The molecule has 3 rings (SSSR count). The van der Waals surface area contributed by atoms with Gasteiger partial charge in [0.15, 0.2) is 0 Å². The molecule has 1 fully saturated rings. The monoisotopic (exact) mass is 503 g/mol. The van der Waals surface area contributed by atoms with Gasteiger partial charge >= 0.3 is 8.84 Å². The molecule has 1 atom stereocenters. The topological polar surface area (TPSA) is 20.3 Å². The number of allylic oxidation sites excluding steroid dienone is 1. The van der Waals surface area contributed by atoms with Crippen molar-refractivity contribution in [2.24, 2.45) is 0 Å². The second-order valence-corrected chi connectivity index (χ2v) is 22.2. The van der Waals surface area contributed by atoms with Crippen LogP contribution in [0.15, 0.2) is 30.3 Å². The molecule has 0 aliphatic heterocycles. The van der Waals surface area contributed by atoms with Crippen molar-refractivity contribution in [2.45, 2.75) is 89.4 Å². The molecule has 2 aliphatic rings. The quantitative estimate of drug-likeness (QED) is 0.336. The summed E-state index contributed by atoms with van der Waals surface area (Å²) in [5, 5.41) is 0. The van der Waals surface area contributed by atoms with Crippen LogP contribution in [0.1, 0.15) is 49.1 Å². The Kier molecular flexibility index (Phi) is 11.6. The van der Waals surface area contributed by atoms with E-state index in [1.54, 1.807) is 0 Å². The van der Waals surface area contributed by atoms with Crippen molar-refractivity contribution < 1.29 is 26.2 Å². The molecule has 0 bridgehead atoms. The van der Waals surface area contributed by atoms with Crippen LogP contribution in [0, 0.1) is 11.1 Å². The molecule has 1 aromatic carbocycles. The predicted molar refractivity (Wildman–Crippen MR) is 139 cm³/mol. The van der Waals surface area contributed by atoms with Crippen LogP contribution in [-0.4, -0.2) is 42.6 Å². The molecule has 0 radical (unpaired) electrons. The molecule has 0 spiro atoms. The van der Waals surface area contributed by atoms with Gasteiger partial charge in [0.05, 0.1) is 0 Å². The summed E-state index contributed by atoms with van der Waals surface area (Å²) in [4.78, 5) is 0. The van der Waals surface area contributed by atoms with Gasteiger partial charge in [-0.3, -0.25) is 0 Å². The Balaban J connectivity index is 0.000000376. The number of hydrogen-bond donors (Lipinski definition) is 0. The fourth-order valence-electron chi connectivity index (χ4n) is 3.88. The molecule has 6 heteroatoms. The molecule has 1 unspecified atom stereocenters. The van der Waals surface area contributed by atoms with E-state index < -0.39 is 25.0 Å². The summed E-state index contributed by atoms with van der Waals surface area (Å²) in [6, 6.07) is 9.83. The van der Waals surface area contributed by atoms with E-state index in [0.717, 1.165) is 6.04 Å². The average Bonchev–Trinajstić information content (AvgIpc) is 3.09. The van der Waals surface area contributed by atoms with Crippen LogP contribution < -0.4 is 0 Å². The Morgan fingerprint density at radius 2 is 1.52 bits per heavy atom. The van der Waals surface area contributed by atoms with Gasteiger partial charge in [-0.15, -0.1) is 11.1 Å². The summed E-state index contributed by atoms with van der Waals surface area (Å²) in [5.41, 5.74) is 9.47. The van der Waals surface area contributed by atoms with Crippen LogP contribution in [0.3, 0.4) is 0 Å². The number of nitrogens with zero attached hydrogens (tertiary/aromatic N) is 1. The molecular formula is C25H41NOSi3Ti. The summed E-state index contributed by atoms with van der Waals surface area (Å²) >= 11 is 0. The van der Waals surface area contributed by atoms with Crippen LogP contribution >= 0.6 is 0 Å². The zero-order chi connectivity index (χ0) is 22.4. The number of rotatable bonds is 4. The van der Waals surface area contributed by atoms with Gasteiger partial charge in [-0.2, -0.15) is 0 Å². The third-order valence-corrected chi connectivity index (χ3v) is 9.57. The van der Waals surface area contributed by atoms with Crippen molar-refractivity contribution >= 4 is 31.1 Å². The summed E-state index contributed by atoms with van der Waals surface area (Å²) in [5.74, 6) is 0.351. The van der Waals surface area contributed by atoms with Crippen molar-refractivity contribution in [3.8, 4) is 11.1 Å². The fourth-order valence-corrected chi connectivity index (χ4v) is 8.57. The van der Waals surface area contributed by atoms with Crippen molar-refractivity contribution in [1.82, 2.24) is 4.57 Å². The molecule has 0 heterocycles. The molecule has 2 nitrogen and oxygen atoms in total. The first-order valence-corrected chi connectivity index (χ1v) is 20.1. The predicted octanol–water partition coefficient (Wildman–Crippen LogP) is 6.72. The normalized spacial score (nSPS) is 18.0. The standard InChI is InChI=1S/C17H23NOSi.C8H18Si2.Ti/c1-18(16-8-3-2-4-9-16)20(19)13-15-12-11-14-7-5-6-10-17(14)15;1-9(2,3)7-8-10(4,5)6;/h5-7,10-12,15-16H,2-4,8-9,13H2,1H3;1-6H3;. The third kappa shape index (κ3) is 10.3. The van der Waals surface area contributed by atoms with E-state index in [2.05, 4.69) is 98.4 Å². The van der Waals surface area contributed by atoms with Gasteiger partial charge in [-0.1, -0.05) is 95.0 Å². The van der Waals surface area contributed by atoms with Crippen LogP contribution in [-0.2, 0) is 26.2 Å². The summed E-state index contributed by atoms with van der Waals surface area (Å²) < 4.78 is 14.9. The molecule has 0 saturated heterocycles. The van der Waals surface area contributed by atoms with Crippen LogP contribution in [0.25, 0.3) is 6.08 Å². The van der Waals surface area contributed by atoms with Gasteiger partial charge in [-0.25, -0.2) is 0 Å². The molecule has 1 aromatic rings. The third-order valence-electron chi connectivity index (χ3n) is 5.63. The molecule has 168 valence electrons. The average molecular weight is 504 g/mol. The number of hydrogen-bond acceptors (Lipinski definition) is 1. The molecular weight excluding hydrogens is 462 g/mol. The number of benzene rings is 1. The second-order valence-electron chi connectivity index (χ2n) is 10.8. The Morgan fingerprint density at radius 3 is 2.06 bits per heavy atom. The largest absolute Gasteiger partial charge is 0.395 e. The number of fused-ring (bicyclic) bond motifs is 1. The van der Waals surface area contributed by atoms with Gasteiger partial charge in [0.1, 0.15) is 16.1 Å². The van der Waals surface area contributed by atoms with E-state index in [-0.39, 0.29) is 21.7 Å². The first-order chi connectivity index (χ1) is 14.0. The zero-order valence-corrected chi connectivity index (χ0v) is 25.3. The van der Waals surface area contributed by atoms with E-state index >= 15 is 0 Å². The minimum absolute atomic E-state index is 0. The Hall–Kier alpha value is -0.515. The Morgan fingerprint density at radius 1 is 0.968 bits per heavy atom. The smallest absolute Gasteiger partial charge is 0.377 e. The van der Waals surface area contributed by atoms with Gasteiger partial charge in [0.25, 0.3) is 0 Å². The van der Waals surface area contributed by atoms with E-state index in [1.165, 1.54) is 43.2 Å².